The summed E-state index contributed by atoms with van der Waals surface area (Å²) in [6.07, 6.45) is 6.37. The van der Waals surface area contributed by atoms with Gasteiger partial charge in [-0.1, -0.05) is 13.8 Å². The molecule has 0 spiro atoms. The number of anilines is 1. The van der Waals surface area contributed by atoms with E-state index in [1.165, 1.54) is 18.5 Å². The van der Waals surface area contributed by atoms with Gasteiger partial charge >= 0.3 is 0 Å². The molecule has 4 rings (SSSR count). The first kappa shape index (κ1) is 17.2. The number of aromatic nitrogens is 2. The van der Waals surface area contributed by atoms with Crippen molar-refractivity contribution in [1.82, 2.24) is 14.5 Å². The lowest BCUT2D eigenvalue weighted by Crippen LogP contribution is -2.41. The first-order chi connectivity index (χ1) is 12.7. The summed E-state index contributed by atoms with van der Waals surface area (Å²) in [4.78, 5) is 6.89. The monoisotopic (exact) mass is 356 g/mol. The number of rotatable bonds is 6. The molecule has 1 aromatic heterocycles. The highest BCUT2D eigenvalue weighted by Crippen LogP contribution is 2.34. The Kier molecular flexibility index (Phi) is 5.02. The summed E-state index contributed by atoms with van der Waals surface area (Å²) in [6, 6.07) is 6.55. The molecule has 3 heterocycles. The van der Waals surface area contributed by atoms with Crippen molar-refractivity contribution in [2.75, 3.05) is 25.2 Å². The molecule has 0 radical (unpaired) electrons. The Morgan fingerprint density at radius 2 is 2.15 bits per heavy atom. The van der Waals surface area contributed by atoms with Crippen LogP contribution in [0.5, 0.6) is 11.5 Å². The minimum atomic E-state index is 0.319. The van der Waals surface area contributed by atoms with Crippen LogP contribution in [0.1, 0.15) is 32.4 Å². The fraction of sp³-hybridized carbons (Fsp3) is 0.550. The molecule has 140 valence electrons. The van der Waals surface area contributed by atoms with Gasteiger partial charge in [-0.25, -0.2) is 4.98 Å². The van der Waals surface area contributed by atoms with Crippen molar-refractivity contribution in [1.29, 1.82) is 0 Å². The Morgan fingerprint density at radius 3 is 3.04 bits per heavy atom. The van der Waals surface area contributed by atoms with Crippen LogP contribution in [0.15, 0.2) is 30.7 Å². The maximum absolute atomic E-state index is 5.48. The quantitative estimate of drug-likeness (QED) is 0.860. The summed E-state index contributed by atoms with van der Waals surface area (Å²) in [5.74, 6) is 2.30. The lowest BCUT2D eigenvalue weighted by Gasteiger charge is -2.33. The van der Waals surface area contributed by atoms with Gasteiger partial charge in [0.1, 0.15) is 0 Å². The van der Waals surface area contributed by atoms with Crippen LogP contribution >= 0.6 is 0 Å². The van der Waals surface area contributed by atoms with Crippen LogP contribution < -0.4 is 14.8 Å². The summed E-state index contributed by atoms with van der Waals surface area (Å²) in [7, 11) is 0. The normalized spacial score (nSPS) is 19.9. The summed E-state index contributed by atoms with van der Waals surface area (Å²) < 4.78 is 13.2. The predicted octanol–water partition coefficient (Wildman–Crippen LogP) is 3.34. The van der Waals surface area contributed by atoms with Crippen molar-refractivity contribution in [2.45, 2.75) is 45.8 Å². The number of likely N-dealkylation sites (tertiary alicyclic amines) is 1. The van der Waals surface area contributed by atoms with Gasteiger partial charge < -0.3 is 19.4 Å². The number of imidazole rings is 1. The molecule has 2 aliphatic heterocycles. The number of hydrogen-bond donors (Lipinski definition) is 1. The Morgan fingerprint density at radius 1 is 1.27 bits per heavy atom. The summed E-state index contributed by atoms with van der Waals surface area (Å²) in [5, 5.41) is 3.67. The average molecular weight is 356 g/mol. The number of nitrogens with one attached hydrogen (secondary N) is 1. The van der Waals surface area contributed by atoms with Crippen molar-refractivity contribution in [2.24, 2.45) is 5.92 Å². The predicted molar refractivity (Wildman–Crippen MR) is 102 cm³/mol. The molecule has 0 amide bonds. The number of nitrogens with zero attached hydrogens (tertiary/aromatic N) is 3. The zero-order valence-corrected chi connectivity index (χ0v) is 15.6. The molecule has 1 N–H and O–H groups in total. The van der Waals surface area contributed by atoms with E-state index in [-0.39, 0.29) is 0 Å². The second kappa shape index (κ2) is 7.58. The third kappa shape index (κ3) is 3.96. The van der Waals surface area contributed by atoms with Gasteiger partial charge in [-0.2, -0.15) is 0 Å². The molecule has 6 heteroatoms. The van der Waals surface area contributed by atoms with Gasteiger partial charge in [-0.15, -0.1) is 0 Å². The van der Waals surface area contributed by atoms with E-state index in [4.69, 9.17) is 9.47 Å². The van der Waals surface area contributed by atoms with Crippen molar-refractivity contribution < 1.29 is 9.47 Å². The minimum absolute atomic E-state index is 0.319. The summed E-state index contributed by atoms with van der Waals surface area (Å²) in [6.45, 7) is 8.99. The SMILES string of the molecule is CC(C)Cn1cncc1CN1CCC[C@H](Nc2ccc3c(c2)OCO3)C1. The Hall–Kier alpha value is -2.21. The zero-order chi connectivity index (χ0) is 17.9. The smallest absolute Gasteiger partial charge is 0.231 e. The largest absolute Gasteiger partial charge is 0.454 e. The van der Waals surface area contributed by atoms with Crippen LogP contribution in [0.25, 0.3) is 0 Å². The van der Waals surface area contributed by atoms with E-state index in [1.54, 1.807) is 0 Å². The molecule has 0 bridgehead atoms. The van der Waals surface area contributed by atoms with E-state index in [1.807, 2.05) is 24.7 Å². The number of piperidine rings is 1. The molecular weight excluding hydrogens is 328 g/mol. The van der Waals surface area contributed by atoms with Crippen molar-refractivity contribution >= 4 is 5.69 Å². The molecule has 2 aliphatic rings. The second-order valence-corrected chi connectivity index (χ2v) is 7.72. The third-order valence-corrected chi connectivity index (χ3v) is 4.99. The standard InChI is InChI=1S/C20H28N4O2/c1-15(2)10-24-13-21-9-18(24)12-23-7-3-4-17(11-23)22-16-5-6-19-20(8-16)26-14-25-19/h5-6,8-9,13,15,17,22H,3-4,7,10-12,14H2,1-2H3/t17-/m0/s1. The van der Waals surface area contributed by atoms with E-state index < -0.39 is 0 Å². The van der Waals surface area contributed by atoms with Crippen molar-refractivity contribution in [3.63, 3.8) is 0 Å². The van der Waals surface area contributed by atoms with Crippen molar-refractivity contribution in [3.8, 4) is 11.5 Å². The van der Waals surface area contributed by atoms with Gasteiger partial charge in [0, 0.05) is 43.6 Å². The highest BCUT2D eigenvalue weighted by Gasteiger charge is 2.22. The first-order valence-electron chi connectivity index (χ1n) is 9.55. The maximum atomic E-state index is 5.48. The minimum Gasteiger partial charge on any atom is -0.454 e. The Labute approximate surface area is 155 Å². The van der Waals surface area contributed by atoms with Gasteiger partial charge in [0.15, 0.2) is 11.5 Å². The maximum Gasteiger partial charge on any atom is 0.231 e. The van der Waals surface area contributed by atoms with Gasteiger partial charge in [-0.3, -0.25) is 4.90 Å². The number of ether oxygens (including phenoxy) is 2. The van der Waals surface area contributed by atoms with Crippen LogP contribution in [0.3, 0.4) is 0 Å². The first-order valence-corrected chi connectivity index (χ1v) is 9.55. The molecule has 26 heavy (non-hydrogen) atoms. The van der Waals surface area contributed by atoms with Crippen LogP contribution in [-0.4, -0.2) is 40.4 Å². The van der Waals surface area contributed by atoms with E-state index in [0.717, 1.165) is 43.4 Å². The van der Waals surface area contributed by atoms with E-state index >= 15 is 0 Å². The molecule has 1 saturated heterocycles. The van der Waals surface area contributed by atoms with Gasteiger partial charge in [-0.05, 0) is 37.4 Å². The number of hydrogen-bond acceptors (Lipinski definition) is 5. The summed E-state index contributed by atoms with van der Waals surface area (Å²) >= 11 is 0. The third-order valence-electron chi connectivity index (χ3n) is 4.99. The lowest BCUT2D eigenvalue weighted by atomic mass is 10.0. The van der Waals surface area contributed by atoms with Gasteiger partial charge in [0.05, 0.1) is 12.0 Å². The summed E-state index contributed by atoms with van der Waals surface area (Å²) in [5.41, 5.74) is 2.41. The molecule has 6 nitrogen and oxygen atoms in total. The van der Waals surface area contributed by atoms with E-state index in [2.05, 4.69) is 39.7 Å². The topological polar surface area (TPSA) is 51.6 Å². The molecule has 0 unspecified atom stereocenters. The lowest BCUT2D eigenvalue weighted by molar-refractivity contribution is 0.174. The number of fused-ring (bicyclic) bond motifs is 1. The Bertz CT molecular complexity index is 743. The molecule has 1 atom stereocenters. The molecule has 0 saturated carbocycles. The van der Waals surface area contributed by atoms with E-state index in [9.17, 15) is 0 Å². The Balaban J connectivity index is 1.36. The second-order valence-electron chi connectivity index (χ2n) is 7.72. The van der Waals surface area contributed by atoms with Crippen LogP contribution in [-0.2, 0) is 13.1 Å². The van der Waals surface area contributed by atoms with E-state index in [0.29, 0.717) is 18.8 Å². The highest BCUT2D eigenvalue weighted by molar-refractivity contribution is 5.56. The zero-order valence-electron chi connectivity index (χ0n) is 15.6. The molecule has 0 aliphatic carbocycles. The number of benzene rings is 1. The van der Waals surface area contributed by atoms with Crippen molar-refractivity contribution in [3.05, 3.63) is 36.4 Å². The average Bonchev–Trinajstić information content (AvgIpc) is 3.24. The van der Waals surface area contributed by atoms with Crippen LogP contribution in [0.2, 0.25) is 0 Å². The highest BCUT2D eigenvalue weighted by atomic mass is 16.7. The fourth-order valence-corrected chi connectivity index (χ4v) is 3.81. The van der Waals surface area contributed by atoms with Crippen LogP contribution in [0, 0.1) is 5.92 Å². The molecule has 1 aromatic carbocycles. The van der Waals surface area contributed by atoms with Crippen LogP contribution in [0.4, 0.5) is 5.69 Å². The molecular formula is C20H28N4O2. The van der Waals surface area contributed by atoms with Gasteiger partial charge in [0.25, 0.3) is 0 Å². The molecule has 2 aromatic rings. The van der Waals surface area contributed by atoms with Gasteiger partial charge in [0.2, 0.25) is 6.79 Å². The molecule has 1 fully saturated rings. The fourth-order valence-electron chi connectivity index (χ4n) is 3.81.